The number of benzene rings is 1. The van der Waals surface area contributed by atoms with Gasteiger partial charge in [0.05, 0.1) is 19.8 Å². The molecule has 1 spiro atoms. The van der Waals surface area contributed by atoms with Crippen LogP contribution in [0.2, 0.25) is 0 Å². The summed E-state index contributed by atoms with van der Waals surface area (Å²) in [5.41, 5.74) is 1.34. The lowest BCUT2D eigenvalue weighted by Crippen LogP contribution is -2.60. The van der Waals surface area contributed by atoms with Crippen LogP contribution in [0.4, 0.5) is 0 Å². The van der Waals surface area contributed by atoms with E-state index in [4.69, 9.17) is 14.2 Å². The summed E-state index contributed by atoms with van der Waals surface area (Å²) in [5, 5.41) is 0. The Bertz CT molecular complexity index is 703. The molecule has 1 aliphatic heterocycles. The fourth-order valence-electron chi connectivity index (χ4n) is 5.83. The highest BCUT2D eigenvalue weighted by molar-refractivity contribution is 5.85. The summed E-state index contributed by atoms with van der Waals surface area (Å²) in [7, 11) is 0. The summed E-state index contributed by atoms with van der Waals surface area (Å²) in [5.74, 6) is -0.0773. The molecule has 3 aliphatic rings. The molecule has 4 heteroatoms. The Labute approximate surface area is 175 Å². The number of Topliss-reactive ketones (excluding diaryl/α,β-unsaturated/α-hetero) is 1. The molecule has 2 aliphatic carbocycles. The Morgan fingerprint density at radius 3 is 2.48 bits per heavy atom. The van der Waals surface area contributed by atoms with Gasteiger partial charge in [0.2, 0.25) is 0 Å². The van der Waals surface area contributed by atoms with Crippen molar-refractivity contribution in [2.24, 2.45) is 22.7 Å². The largest absolute Gasteiger partial charge is 0.377 e. The van der Waals surface area contributed by atoms with Gasteiger partial charge in [-0.2, -0.15) is 0 Å². The third-order valence-electron chi connectivity index (χ3n) is 7.62. The zero-order valence-electron chi connectivity index (χ0n) is 18.2. The normalized spacial score (nSPS) is 33.0. The van der Waals surface area contributed by atoms with Crippen LogP contribution in [0.1, 0.15) is 64.9 Å². The number of hydrogen-bond donors (Lipinski definition) is 0. The highest BCUT2D eigenvalue weighted by atomic mass is 16.7. The van der Waals surface area contributed by atoms with Crippen LogP contribution in [-0.4, -0.2) is 31.4 Å². The molecule has 3 fully saturated rings. The van der Waals surface area contributed by atoms with Crippen LogP contribution in [0, 0.1) is 22.7 Å². The molecule has 0 radical (unpaired) electrons. The van der Waals surface area contributed by atoms with E-state index in [0.717, 1.165) is 32.1 Å². The fraction of sp³-hybridized carbons (Fsp3) is 0.720. The molecule has 29 heavy (non-hydrogen) atoms. The van der Waals surface area contributed by atoms with Gasteiger partial charge in [-0.05, 0) is 36.7 Å². The summed E-state index contributed by atoms with van der Waals surface area (Å²) < 4.78 is 19.0. The monoisotopic (exact) mass is 400 g/mol. The van der Waals surface area contributed by atoms with Gasteiger partial charge in [-0.3, -0.25) is 4.79 Å². The third kappa shape index (κ3) is 4.04. The van der Waals surface area contributed by atoms with E-state index in [0.29, 0.717) is 38.6 Å². The van der Waals surface area contributed by atoms with Gasteiger partial charge < -0.3 is 14.2 Å². The first kappa shape index (κ1) is 21.0. The Kier molecular flexibility index (Phi) is 5.89. The first-order valence-corrected chi connectivity index (χ1v) is 11.3. The summed E-state index contributed by atoms with van der Waals surface area (Å²) in [6, 6.07) is 10.3. The molecule has 1 aromatic carbocycles. The molecule has 0 amide bonds. The fourth-order valence-corrected chi connectivity index (χ4v) is 5.83. The number of rotatable bonds is 6. The minimum absolute atomic E-state index is 0.0264. The second kappa shape index (κ2) is 8.13. The van der Waals surface area contributed by atoms with E-state index in [1.165, 1.54) is 5.56 Å². The Hall–Kier alpha value is -1.23. The smallest absolute Gasteiger partial charge is 0.171 e. The van der Waals surface area contributed by atoms with Crippen LogP contribution in [0.25, 0.3) is 0 Å². The number of fused-ring (bicyclic) bond motifs is 1. The summed E-state index contributed by atoms with van der Waals surface area (Å²) in [6.07, 6.45) is 5.53. The highest BCUT2D eigenvalue weighted by Gasteiger charge is 2.62. The van der Waals surface area contributed by atoms with Crippen molar-refractivity contribution in [3.8, 4) is 0 Å². The highest BCUT2D eigenvalue weighted by Crippen LogP contribution is 2.60. The average molecular weight is 401 g/mol. The molecular formula is C25H36O4. The SMILES string of the molecule is CC[C@]12CCC(=O)[C@H]1C(CCOCc1ccccc1)C1(CC2)OCC(C)(C)CO1. The van der Waals surface area contributed by atoms with Gasteiger partial charge in [0.15, 0.2) is 5.79 Å². The van der Waals surface area contributed by atoms with Gasteiger partial charge in [0, 0.05) is 36.7 Å². The van der Waals surface area contributed by atoms with Gasteiger partial charge in [-0.15, -0.1) is 0 Å². The number of carbonyl (C=O) groups excluding carboxylic acids is 1. The van der Waals surface area contributed by atoms with Gasteiger partial charge in [0.1, 0.15) is 5.78 Å². The van der Waals surface area contributed by atoms with Crippen molar-refractivity contribution >= 4 is 5.78 Å². The van der Waals surface area contributed by atoms with Crippen LogP contribution >= 0.6 is 0 Å². The first-order valence-electron chi connectivity index (χ1n) is 11.3. The van der Waals surface area contributed by atoms with E-state index in [9.17, 15) is 4.79 Å². The van der Waals surface area contributed by atoms with Gasteiger partial charge in [-0.1, -0.05) is 51.1 Å². The molecule has 4 rings (SSSR count). The predicted molar refractivity (Wildman–Crippen MR) is 112 cm³/mol. The van der Waals surface area contributed by atoms with Gasteiger partial charge in [-0.25, -0.2) is 0 Å². The standard InChI is InChI=1S/C25H36O4/c1-4-24-12-10-21(26)22(24)20(11-15-27-16-19-8-6-5-7-9-19)25(14-13-24)28-17-23(2,3)18-29-25/h5-9,20,22H,4,10-18H2,1-3H3/t20?,22-,24-/m1/s1. The maximum absolute atomic E-state index is 13.0. The first-order chi connectivity index (χ1) is 13.9. The zero-order valence-corrected chi connectivity index (χ0v) is 18.2. The number of hydrogen-bond acceptors (Lipinski definition) is 4. The third-order valence-corrected chi connectivity index (χ3v) is 7.62. The van der Waals surface area contributed by atoms with Crippen molar-refractivity contribution in [3.63, 3.8) is 0 Å². The molecule has 2 saturated carbocycles. The number of ketones is 1. The van der Waals surface area contributed by atoms with Gasteiger partial charge in [0.25, 0.3) is 0 Å². The van der Waals surface area contributed by atoms with E-state index >= 15 is 0 Å². The lowest BCUT2D eigenvalue weighted by Gasteiger charge is -2.56. The molecular weight excluding hydrogens is 364 g/mol. The Balaban J connectivity index is 1.50. The van der Waals surface area contributed by atoms with Crippen LogP contribution in [0.5, 0.6) is 0 Å². The lowest BCUT2D eigenvalue weighted by atomic mass is 9.58. The second-order valence-corrected chi connectivity index (χ2v) is 10.1. The average Bonchev–Trinajstić information content (AvgIpc) is 3.07. The van der Waals surface area contributed by atoms with Crippen molar-refractivity contribution in [1.29, 1.82) is 0 Å². The quantitative estimate of drug-likeness (QED) is 0.620. The van der Waals surface area contributed by atoms with E-state index in [2.05, 4.69) is 32.9 Å². The maximum Gasteiger partial charge on any atom is 0.171 e. The van der Waals surface area contributed by atoms with Crippen LogP contribution in [0.15, 0.2) is 30.3 Å². The molecule has 3 atom stereocenters. The minimum Gasteiger partial charge on any atom is -0.377 e. The van der Waals surface area contributed by atoms with Gasteiger partial charge >= 0.3 is 0 Å². The molecule has 4 nitrogen and oxygen atoms in total. The molecule has 1 saturated heterocycles. The maximum atomic E-state index is 13.0. The Morgan fingerprint density at radius 2 is 1.79 bits per heavy atom. The Morgan fingerprint density at radius 1 is 1.07 bits per heavy atom. The van der Waals surface area contributed by atoms with E-state index in [-0.39, 0.29) is 22.7 Å². The van der Waals surface area contributed by atoms with Crippen LogP contribution in [0.3, 0.4) is 0 Å². The second-order valence-electron chi connectivity index (χ2n) is 10.1. The van der Waals surface area contributed by atoms with E-state index < -0.39 is 5.79 Å². The lowest BCUT2D eigenvalue weighted by molar-refractivity contribution is -0.347. The summed E-state index contributed by atoms with van der Waals surface area (Å²) in [6.45, 7) is 9.21. The number of ether oxygens (including phenoxy) is 3. The van der Waals surface area contributed by atoms with Crippen molar-refractivity contribution in [2.75, 3.05) is 19.8 Å². The van der Waals surface area contributed by atoms with Crippen molar-refractivity contribution in [2.45, 2.75) is 71.7 Å². The summed E-state index contributed by atoms with van der Waals surface area (Å²) >= 11 is 0. The molecule has 1 unspecified atom stereocenters. The molecule has 0 aromatic heterocycles. The van der Waals surface area contributed by atoms with Crippen LogP contribution in [-0.2, 0) is 25.6 Å². The zero-order chi connectivity index (χ0) is 20.5. The molecule has 0 N–H and O–H groups in total. The summed E-state index contributed by atoms with van der Waals surface area (Å²) in [4.78, 5) is 13.0. The molecule has 1 aromatic rings. The molecule has 0 bridgehead atoms. The molecule has 1 heterocycles. The van der Waals surface area contributed by atoms with E-state index in [1.807, 2.05) is 18.2 Å². The van der Waals surface area contributed by atoms with Crippen LogP contribution < -0.4 is 0 Å². The predicted octanol–water partition coefficient (Wildman–Crippen LogP) is 5.15. The van der Waals surface area contributed by atoms with Crippen molar-refractivity contribution < 1.29 is 19.0 Å². The van der Waals surface area contributed by atoms with E-state index in [1.54, 1.807) is 0 Å². The van der Waals surface area contributed by atoms with Crippen molar-refractivity contribution in [3.05, 3.63) is 35.9 Å². The minimum atomic E-state index is -0.616. The topological polar surface area (TPSA) is 44.8 Å². The molecule has 160 valence electrons. The van der Waals surface area contributed by atoms with Crippen molar-refractivity contribution in [1.82, 2.24) is 0 Å². The number of carbonyl (C=O) groups is 1.